The van der Waals surface area contributed by atoms with Crippen LogP contribution < -0.4 is 14.8 Å². The van der Waals surface area contributed by atoms with E-state index in [9.17, 15) is 5.11 Å². The summed E-state index contributed by atoms with van der Waals surface area (Å²) in [6.45, 7) is 4.63. The van der Waals surface area contributed by atoms with Crippen molar-refractivity contribution in [1.29, 1.82) is 0 Å². The highest BCUT2D eigenvalue weighted by molar-refractivity contribution is 5.85. The lowest BCUT2D eigenvalue weighted by atomic mass is 10.1. The average Bonchev–Trinajstić information content (AvgIpc) is 3.13. The van der Waals surface area contributed by atoms with Crippen molar-refractivity contribution in [2.75, 3.05) is 20.3 Å². The van der Waals surface area contributed by atoms with E-state index in [0.29, 0.717) is 6.54 Å². The van der Waals surface area contributed by atoms with E-state index in [1.54, 1.807) is 13.3 Å². The Bertz CT molecular complexity index is 945. The van der Waals surface area contributed by atoms with Crippen LogP contribution in [-0.4, -0.2) is 41.0 Å². The van der Waals surface area contributed by atoms with Gasteiger partial charge in [-0.2, -0.15) is 0 Å². The molecule has 6 nitrogen and oxygen atoms in total. The normalized spacial score (nSPS) is 12.7. The number of halogens is 1. The van der Waals surface area contributed by atoms with Crippen LogP contribution in [0, 0.1) is 13.8 Å². The third-order valence-corrected chi connectivity index (χ3v) is 4.86. The number of ether oxygens (including phenoxy) is 2. The first-order valence-corrected chi connectivity index (χ1v) is 9.70. The monoisotopic (exact) mass is 431 g/mol. The summed E-state index contributed by atoms with van der Waals surface area (Å²) in [6, 6.07) is 13.7. The third-order valence-electron chi connectivity index (χ3n) is 4.86. The van der Waals surface area contributed by atoms with Gasteiger partial charge in [0, 0.05) is 26.0 Å². The summed E-state index contributed by atoms with van der Waals surface area (Å²) < 4.78 is 13.1. The van der Waals surface area contributed by atoms with Crippen LogP contribution in [0.1, 0.15) is 28.6 Å². The number of hydrogen-bond acceptors (Lipinski definition) is 5. The molecule has 3 rings (SSSR count). The van der Waals surface area contributed by atoms with E-state index >= 15 is 0 Å². The second-order valence-corrected chi connectivity index (χ2v) is 7.25. The van der Waals surface area contributed by atoms with Crippen molar-refractivity contribution in [3.8, 4) is 11.5 Å². The number of nitrogens with one attached hydrogen (secondary N) is 1. The molecule has 0 radical (unpaired) electrons. The SMILES string of the molecule is COc1cccc(C(NCC(O)COc2ccc(C)cc2C)c2nccn2C)c1.Cl. The van der Waals surface area contributed by atoms with E-state index < -0.39 is 6.10 Å². The predicted octanol–water partition coefficient (Wildman–Crippen LogP) is 3.59. The van der Waals surface area contributed by atoms with Crippen molar-refractivity contribution >= 4 is 12.4 Å². The first-order valence-electron chi connectivity index (χ1n) is 9.70. The quantitative estimate of drug-likeness (QED) is 0.542. The molecule has 2 unspecified atom stereocenters. The fraction of sp³-hybridized carbons (Fsp3) is 0.348. The highest BCUT2D eigenvalue weighted by atomic mass is 35.5. The molecule has 162 valence electrons. The molecule has 0 saturated carbocycles. The van der Waals surface area contributed by atoms with Crippen molar-refractivity contribution in [2.24, 2.45) is 7.05 Å². The maximum atomic E-state index is 10.5. The largest absolute Gasteiger partial charge is 0.497 e. The average molecular weight is 432 g/mol. The fourth-order valence-corrected chi connectivity index (χ4v) is 3.29. The lowest BCUT2D eigenvalue weighted by molar-refractivity contribution is 0.104. The zero-order valence-corrected chi connectivity index (χ0v) is 18.6. The van der Waals surface area contributed by atoms with Crippen molar-refractivity contribution in [3.63, 3.8) is 0 Å². The Kier molecular flexibility index (Phi) is 8.72. The Balaban J connectivity index is 0.00000320. The van der Waals surface area contributed by atoms with Gasteiger partial charge in [-0.25, -0.2) is 4.98 Å². The zero-order chi connectivity index (χ0) is 20.8. The number of imidazole rings is 1. The molecule has 0 amide bonds. The van der Waals surface area contributed by atoms with Gasteiger partial charge in [-0.05, 0) is 43.2 Å². The summed E-state index contributed by atoms with van der Waals surface area (Å²) in [5.74, 6) is 2.44. The van der Waals surface area contributed by atoms with E-state index in [0.717, 1.165) is 28.5 Å². The summed E-state index contributed by atoms with van der Waals surface area (Å²) >= 11 is 0. The van der Waals surface area contributed by atoms with E-state index in [2.05, 4.69) is 16.4 Å². The molecule has 0 saturated heterocycles. The second kappa shape index (κ2) is 11.0. The number of rotatable bonds is 9. The van der Waals surface area contributed by atoms with E-state index in [4.69, 9.17) is 9.47 Å². The van der Waals surface area contributed by atoms with Gasteiger partial charge < -0.3 is 24.5 Å². The molecule has 0 aliphatic rings. The number of aliphatic hydroxyl groups is 1. The molecule has 7 heteroatoms. The highest BCUT2D eigenvalue weighted by Crippen LogP contribution is 2.24. The number of hydrogen-bond donors (Lipinski definition) is 2. The Morgan fingerprint density at radius 1 is 1.17 bits per heavy atom. The molecule has 0 bridgehead atoms. The molecule has 30 heavy (non-hydrogen) atoms. The highest BCUT2D eigenvalue weighted by Gasteiger charge is 2.20. The van der Waals surface area contributed by atoms with Gasteiger partial charge in [0.1, 0.15) is 30.0 Å². The number of benzene rings is 2. The smallest absolute Gasteiger partial charge is 0.130 e. The molecular weight excluding hydrogens is 402 g/mol. The van der Waals surface area contributed by atoms with Crippen LogP contribution in [0.15, 0.2) is 54.9 Å². The van der Waals surface area contributed by atoms with E-state index in [-0.39, 0.29) is 25.1 Å². The molecule has 0 spiro atoms. The standard InChI is InChI=1S/C23H29N3O3.ClH/c1-16-8-9-21(17(2)12-16)29-15-19(27)14-25-22(23-24-10-11-26(23)3)18-6-5-7-20(13-18)28-4;/h5-13,19,22,25,27H,14-15H2,1-4H3;1H. The van der Waals surface area contributed by atoms with Crippen molar-refractivity contribution in [1.82, 2.24) is 14.9 Å². The molecule has 2 aromatic carbocycles. The minimum Gasteiger partial charge on any atom is -0.497 e. The minimum atomic E-state index is -0.663. The predicted molar refractivity (Wildman–Crippen MR) is 121 cm³/mol. The number of methoxy groups -OCH3 is 1. The Morgan fingerprint density at radius 3 is 2.63 bits per heavy atom. The van der Waals surface area contributed by atoms with E-state index in [1.165, 1.54) is 5.56 Å². The van der Waals surface area contributed by atoms with Gasteiger partial charge in [-0.3, -0.25) is 0 Å². The molecule has 0 aliphatic carbocycles. The van der Waals surface area contributed by atoms with Crippen LogP contribution in [-0.2, 0) is 7.05 Å². The Labute approximate surface area is 184 Å². The van der Waals surface area contributed by atoms with Crippen LogP contribution >= 0.6 is 12.4 Å². The van der Waals surface area contributed by atoms with Crippen LogP contribution in [0.2, 0.25) is 0 Å². The zero-order valence-electron chi connectivity index (χ0n) is 17.8. The lowest BCUT2D eigenvalue weighted by Gasteiger charge is -2.22. The molecule has 1 heterocycles. The maximum Gasteiger partial charge on any atom is 0.130 e. The number of aliphatic hydroxyl groups excluding tert-OH is 1. The van der Waals surface area contributed by atoms with Gasteiger partial charge in [0.15, 0.2) is 0 Å². The molecule has 2 atom stereocenters. The molecule has 0 aliphatic heterocycles. The Morgan fingerprint density at radius 2 is 1.97 bits per heavy atom. The molecule has 3 aromatic rings. The Hall–Kier alpha value is -2.54. The van der Waals surface area contributed by atoms with Gasteiger partial charge in [-0.1, -0.05) is 29.8 Å². The first kappa shape index (κ1) is 23.7. The van der Waals surface area contributed by atoms with Gasteiger partial charge in [-0.15, -0.1) is 12.4 Å². The molecular formula is C23H30ClN3O3. The van der Waals surface area contributed by atoms with Crippen molar-refractivity contribution in [3.05, 3.63) is 77.4 Å². The third kappa shape index (κ3) is 5.98. The molecule has 0 fully saturated rings. The van der Waals surface area contributed by atoms with Crippen molar-refractivity contribution in [2.45, 2.75) is 26.0 Å². The minimum absolute atomic E-state index is 0. The van der Waals surface area contributed by atoms with Crippen molar-refractivity contribution < 1.29 is 14.6 Å². The first-order chi connectivity index (χ1) is 14.0. The summed E-state index contributed by atoms with van der Waals surface area (Å²) in [4.78, 5) is 4.49. The van der Waals surface area contributed by atoms with Crippen LogP contribution in [0.4, 0.5) is 0 Å². The van der Waals surface area contributed by atoms with Crippen LogP contribution in [0.5, 0.6) is 11.5 Å². The topological polar surface area (TPSA) is 68.5 Å². The summed E-state index contributed by atoms with van der Waals surface area (Å²) in [5.41, 5.74) is 3.27. The summed E-state index contributed by atoms with van der Waals surface area (Å²) in [6.07, 6.45) is 3.01. The molecule has 1 aromatic heterocycles. The van der Waals surface area contributed by atoms with Gasteiger partial charge >= 0.3 is 0 Å². The lowest BCUT2D eigenvalue weighted by Crippen LogP contribution is -2.35. The number of aromatic nitrogens is 2. The summed E-state index contributed by atoms with van der Waals surface area (Å²) in [7, 11) is 3.60. The van der Waals surface area contributed by atoms with Crippen LogP contribution in [0.25, 0.3) is 0 Å². The summed E-state index contributed by atoms with van der Waals surface area (Å²) in [5, 5.41) is 13.9. The van der Waals surface area contributed by atoms with Gasteiger partial charge in [0.25, 0.3) is 0 Å². The second-order valence-electron chi connectivity index (χ2n) is 7.25. The van der Waals surface area contributed by atoms with E-state index in [1.807, 2.05) is 68.1 Å². The van der Waals surface area contributed by atoms with Gasteiger partial charge in [0.05, 0.1) is 13.2 Å². The van der Waals surface area contributed by atoms with Gasteiger partial charge in [0.2, 0.25) is 0 Å². The molecule has 2 N–H and O–H groups in total. The maximum absolute atomic E-state index is 10.5. The number of aryl methyl sites for hydroxylation is 3. The number of nitrogens with zero attached hydrogens (tertiary/aromatic N) is 2. The van der Waals surface area contributed by atoms with Crippen LogP contribution in [0.3, 0.4) is 0 Å². The fourth-order valence-electron chi connectivity index (χ4n) is 3.29.